The van der Waals surface area contributed by atoms with Gasteiger partial charge in [0.2, 0.25) is 0 Å². The van der Waals surface area contributed by atoms with E-state index in [1.165, 1.54) is 18.5 Å². The predicted octanol–water partition coefficient (Wildman–Crippen LogP) is 2.56. The lowest BCUT2D eigenvalue weighted by Crippen LogP contribution is -2.25. The highest BCUT2D eigenvalue weighted by Gasteiger charge is 2.34. The second kappa shape index (κ2) is 6.09. The molecule has 0 aliphatic carbocycles. The van der Waals surface area contributed by atoms with Crippen LogP contribution in [0.4, 0.5) is 4.39 Å². The summed E-state index contributed by atoms with van der Waals surface area (Å²) < 4.78 is 18.9. The monoisotopic (exact) mass is 310 g/mol. The lowest BCUT2D eigenvalue weighted by Gasteiger charge is -2.22. The lowest BCUT2D eigenvalue weighted by molar-refractivity contribution is 0.107. The Morgan fingerprint density at radius 3 is 3.00 bits per heavy atom. The molecule has 21 heavy (non-hydrogen) atoms. The first-order valence-corrected chi connectivity index (χ1v) is 7.10. The Hall–Kier alpha value is -1.50. The molecule has 5 nitrogen and oxygen atoms in total. The Bertz CT molecular complexity index is 587. The van der Waals surface area contributed by atoms with Crippen molar-refractivity contribution in [3.05, 3.63) is 46.8 Å². The molecule has 2 atom stereocenters. The van der Waals surface area contributed by atoms with Crippen molar-refractivity contribution >= 4 is 11.6 Å². The summed E-state index contributed by atoms with van der Waals surface area (Å²) in [6.07, 6.45) is 2.45. The van der Waals surface area contributed by atoms with E-state index in [-0.39, 0.29) is 18.0 Å². The molecular formula is C14H16ClFN4O. The normalized spacial score (nSPS) is 22.8. The molecule has 0 spiro atoms. The number of likely N-dealkylation sites (tertiary alicyclic amines) is 1. The van der Waals surface area contributed by atoms with Crippen LogP contribution in [-0.4, -0.2) is 39.8 Å². The average Bonchev–Trinajstić information content (AvgIpc) is 3.05. The molecule has 2 aromatic rings. The highest BCUT2D eigenvalue weighted by molar-refractivity contribution is 6.30. The molecule has 1 saturated heterocycles. The van der Waals surface area contributed by atoms with E-state index in [1.807, 2.05) is 0 Å². The number of H-pyrrole nitrogens is 1. The van der Waals surface area contributed by atoms with E-state index >= 15 is 0 Å². The van der Waals surface area contributed by atoms with Crippen LogP contribution in [0.25, 0.3) is 0 Å². The van der Waals surface area contributed by atoms with Gasteiger partial charge >= 0.3 is 0 Å². The van der Waals surface area contributed by atoms with E-state index in [9.17, 15) is 4.39 Å². The summed E-state index contributed by atoms with van der Waals surface area (Å²) in [6.45, 7) is 1.35. The third-order valence-electron chi connectivity index (χ3n) is 3.76. The Morgan fingerprint density at radius 2 is 2.33 bits per heavy atom. The number of nitrogens with one attached hydrogen (secondary N) is 1. The molecule has 0 radical (unpaired) electrons. The van der Waals surface area contributed by atoms with Crippen molar-refractivity contribution in [1.82, 2.24) is 20.1 Å². The molecule has 1 N–H and O–H groups in total. The van der Waals surface area contributed by atoms with Gasteiger partial charge in [-0.3, -0.25) is 10.00 Å². The number of halogens is 2. The van der Waals surface area contributed by atoms with E-state index in [0.29, 0.717) is 11.6 Å². The quantitative estimate of drug-likeness (QED) is 0.943. The lowest BCUT2D eigenvalue weighted by atomic mass is 10.1. The highest BCUT2D eigenvalue weighted by Crippen LogP contribution is 2.32. The van der Waals surface area contributed by atoms with Gasteiger partial charge in [0, 0.05) is 25.2 Å². The summed E-state index contributed by atoms with van der Waals surface area (Å²) in [7, 11) is 1.70. The smallest absolute Gasteiger partial charge is 0.141 e. The summed E-state index contributed by atoms with van der Waals surface area (Å²) >= 11 is 5.92. The number of nitrogens with zero attached hydrogens (tertiary/aromatic N) is 3. The summed E-state index contributed by atoms with van der Waals surface area (Å²) in [5.74, 6) is 0.480. The van der Waals surface area contributed by atoms with Crippen LogP contribution in [0.5, 0.6) is 0 Å². The van der Waals surface area contributed by atoms with Gasteiger partial charge in [0.05, 0.1) is 12.1 Å². The van der Waals surface area contributed by atoms with Gasteiger partial charge in [-0.2, -0.15) is 5.10 Å². The van der Waals surface area contributed by atoms with Crippen molar-refractivity contribution in [2.45, 2.75) is 25.1 Å². The van der Waals surface area contributed by atoms with Gasteiger partial charge < -0.3 is 4.74 Å². The van der Waals surface area contributed by atoms with Crippen molar-refractivity contribution in [1.29, 1.82) is 0 Å². The number of hydrogen-bond donors (Lipinski definition) is 1. The number of aromatic nitrogens is 3. The fourth-order valence-electron chi connectivity index (χ4n) is 2.80. The Morgan fingerprint density at radius 1 is 1.48 bits per heavy atom. The Labute approximate surface area is 127 Å². The number of aromatic amines is 1. The van der Waals surface area contributed by atoms with Crippen molar-refractivity contribution in [3.63, 3.8) is 0 Å². The minimum atomic E-state index is -0.323. The van der Waals surface area contributed by atoms with Crippen molar-refractivity contribution in [3.8, 4) is 0 Å². The van der Waals surface area contributed by atoms with E-state index in [4.69, 9.17) is 16.3 Å². The van der Waals surface area contributed by atoms with Gasteiger partial charge in [0.25, 0.3) is 0 Å². The largest absolute Gasteiger partial charge is 0.380 e. The van der Waals surface area contributed by atoms with Crippen LogP contribution in [-0.2, 0) is 11.3 Å². The highest BCUT2D eigenvalue weighted by atomic mass is 35.5. The van der Waals surface area contributed by atoms with Crippen molar-refractivity contribution < 1.29 is 9.13 Å². The second-order valence-corrected chi connectivity index (χ2v) is 5.62. The zero-order chi connectivity index (χ0) is 14.8. The van der Waals surface area contributed by atoms with Crippen LogP contribution in [0.2, 0.25) is 5.02 Å². The zero-order valence-corrected chi connectivity index (χ0v) is 12.3. The van der Waals surface area contributed by atoms with Gasteiger partial charge in [0.1, 0.15) is 18.0 Å². The number of ether oxygens (including phenoxy) is 1. The van der Waals surface area contributed by atoms with Crippen molar-refractivity contribution in [2.24, 2.45) is 0 Å². The first-order valence-electron chi connectivity index (χ1n) is 6.73. The van der Waals surface area contributed by atoms with E-state index in [2.05, 4.69) is 20.1 Å². The minimum absolute atomic E-state index is 0.0829. The SMILES string of the molecule is CO[C@@H]1C[C@@H](c2ncn[nH]2)N(Cc2cc(F)cc(Cl)c2)C1. The number of benzene rings is 1. The van der Waals surface area contributed by atoms with Crippen LogP contribution in [0.3, 0.4) is 0 Å². The molecule has 0 saturated carbocycles. The maximum Gasteiger partial charge on any atom is 0.141 e. The van der Waals surface area contributed by atoms with Crippen LogP contribution in [0.15, 0.2) is 24.5 Å². The van der Waals surface area contributed by atoms with Crippen molar-refractivity contribution in [2.75, 3.05) is 13.7 Å². The fourth-order valence-corrected chi connectivity index (χ4v) is 3.05. The van der Waals surface area contributed by atoms with Gasteiger partial charge in [-0.05, 0) is 30.2 Å². The topological polar surface area (TPSA) is 54.0 Å². The first kappa shape index (κ1) is 14.4. The number of hydrogen-bond acceptors (Lipinski definition) is 4. The van der Waals surface area contributed by atoms with Crippen LogP contribution < -0.4 is 0 Å². The molecule has 1 fully saturated rings. The molecule has 3 rings (SSSR count). The molecule has 1 aliphatic rings. The van der Waals surface area contributed by atoms with Crippen LogP contribution >= 0.6 is 11.6 Å². The zero-order valence-electron chi connectivity index (χ0n) is 11.6. The molecule has 0 amide bonds. The summed E-state index contributed by atoms with van der Waals surface area (Å²) in [5.41, 5.74) is 0.835. The maximum atomic E-state index is 13.5. The molecule has 0 bridgehead atoms. The minimum Gasteiger partial charge on any atom is -0.380 e. The summed E-state index contributed by atoms with van der Waals surface area (Å²) in [5, 5.41) is 7.21. The van der Waals surface area contributed by atoms with E-state index in [0.717, 1.165) is 24.4 Å². The van der Waals surface area contributed by atoms with E-state index in [1.54, 1.807) is 13.2 Å². The van der Waals surface area contributed by atoms with Crippen LogP contribution in [0.1, 0.15) is 23.9 Å². The molecule has 2 heterocycles. The van der Waals surface area contributed by atoms with Crippen LogP contribution in [0, 0.1) is 5.82 Å². The average molecular weight is 311 g/mol. The second-order valence-electron chi connectivity index (χ2n) is 5.19. The molecule has 1 aliphatic heterocycles. The predicted molar refractivity (Wildman–Crippen MR) is 76.4 cm³/mol. The van der Waals surface area contributed by atoms with Gasteiger partial charge in [-0.15, -0.1) is 0 Å². The molecule has 1 aromatic carbocycles. The maximum absolute atomic E-state index is 13.5. The molecule has 112 valence electrons. The molecular weight excluding hydrogens is 295 g/mol. The van der Waals surface area contributed by atoms with Gasteiger partial charge in [-0.25, -0.2) is 9.37 Å². The first-order chi connectivity index (χ1) is 10.2. The molecule has 0 unspecified atom stereocenters. The van der Waals surface area contributed by atoms with Gasteiger partial charge in [0.15, 0.2) is 0 Å². The number of methoxy groups -OCH3 is 1. The standard InChI is InChI=1S/C14H16ClFN4O/c1-21-12-5-13(14-17-8-18-19-14)20(7-12)6-9-2-10(15)4-11(16)3-9/h2-4,8,12-13H,5-7H2,1H3,(H,17,18,19)/t12-,13+/m1/s1. The third kappa shape index (κ3) is 3.23. The third-order valence-corrected chi connectivity index (χ3v) is 3.97. The Kier molecular flexibility index (Phi) is 4.19. The number of rotatable bonds is 4. The molecule has 1 aromatic heterocycles. The van der Waals surface area contributed by atoms with E-state index < -0.39 is 0 Å². The fraction of sp³-hybridized carbons (Fsp3) is 0.429. The summed E-state index contributed by atoms with van der Waals surface area (Å²) in [4.78, 5) is 6.42. The Balaban J connectivity index is 1.81. The van der Waals surface area contributed by atoms with Gasteiger partial charge in [-0.1, -0.05) is 11.6 Å². The summed E-state index contributed by atoms with van der Waals surface area (Å²) in [6, 6.07) is 4.67. The molecule has 7 heteroatoms.